The van der Waals surface area contributed by atoms with Crippen molar-refractivity contribution < 1.29 is 9.59 Å². The van der Waals surface area contributed by atoms with Crippen molar-refractivity contribution in [2.75, 3.05) is 0 Å². The molecular weight excluding hydrogens is 358 g/mol. The largest absolute Gasteiger partial charge is 0.347 e. The van der Waals surface area contributed by atoms with E-state index in [0.29, 0.717) is 16.1 Å². The summed E-state index contributed by atoms with van der Waals surface area (Å²) >= 11 is 6.43. The number of carbonyl (C=O) groups is 2. The van der Waals surface area contributed by atoms with Crippen LogP contribution in [0.1, 0.15) is 68.9 Å². The second kappa shape index (κ2) is 7.85. The Bertz CT molecular complexity index is 830. The molecule has 27 heavy (non-hydrogen) atoms. The Hall–Kier alpha value is -2.13. The highest BCUT2D eigenvalue weighted by molar-refractivity contribution is 6.34. The Morgan fingerprint density at radius 1 is 0.889 bits per heavy atom. The van der Waals surface area contributed by atoms with Gasteiger partial charge in [0.25, 0.3) is 5.91 Å². The van der Waals surface area contributed by atoms with Crippen molar-refractivity contribution in [1.29, 1.82) is 0 Å². The summed E-state index contributed by atoms with van der Waals surface area (Å²) in [5, 5.41) is 3.31. The van der Waals surface area contributed by atoms with E-state index < -0.39 is 16.9 Å². The van der Waals surface area contributed by atoms with Gasteiger partial charge in [0.05, 0.1) is 16.5 Å². The highest BCUT2D eigenvalue weighted by atomic mass is 35.5. The molecule has 0 aliphatic carbocycles. The van der Waals surface area contributed by atoms with E-state index >= 15 is 0 Å². The van der Waals surface area contributed by atoms with Gasteiger partial charge in [0, 0.05) is 11.0 Å². The average molecular weight is 386 g/mol. The molecule has 1 N–H and O–H groups in total. The second-order valence-corrected chi connectivity index (χ2v) is 9.27. The van der Waals surface area contributed by atoms with E-state index in [4.69, 9.17) is 11.6 Å². The first-order valence-electron chi connectivity index (χ1n) is 9.12. The first-order chi connectivity index (χ1) is 12.4. The molecule has 0 saturated carbocycles. The van der Waals surface area contributed by atoms with E-state index in [1.807, 2.05) is 77.9 Å². The van der Waals surface area contributed by atoms with Crippen molar-refractivity contribution in [2.24, 2.45) is 5.41 Å². The highest BCUT2D eigenvalue weighted by Crippen LogP contribution is 2.36. The molecule has 2 aromatic rings. The Balaban J connectivity index is 2.69. The second-order valence-electron chi connectivity index (χ2n) is 8.87. The molecule has 3 nitrogen and oxygen atoms in total. The van der Waals surface area contributed by atoms with Crippen LogP contribution in [-0.2, 0) is 4.79 Å². The van der Waals surface area contributed by atoms with Crippen LogP contribution in [0.4, 0.5) is 0 Å². The SMILES string of the molecule is CC(C)(C)NC(=O)c1c(Cl)cccc1C(C(=O)C(C)(C)C)c1ccccc1. The molecular formula is C23H28ClNO2. The Morgan fingerprint density at radius 3 is 2.00 bits per heavy atom. The number of rotatable bonds is 4. The normalized spacial score (nSPS) is 13.1. The Labute approximate surface area is 167 Å². The third-order valence-electron chi connectivity index (χ3n) is 4.21. The predicted octanol–water partition coefficient (Wildman–Crippen LogP) is 5.62. The van der Waals surface area contributed by atoms with Crippen molar-refractivity contribution in [3.8, 4) is 0 Å². The van der Waals surface area contributed by atoms with Gasteiger partial charge >= 0.3 is 0 Å². The molecule has 0 bridgehead atoms. The summed E-state index contributed by atoms with van der Waals surface area (Å²) in [6.45, 7) is 11.4. The molecule has 4 heteroatoms. The first kappa shape index (κ1) is 21.2. The smallest absolute Gasteiger partial charge is 0.253 e. The predicted molar refractivity (Wildman–Crippen MR) is 111 cm³/mol. The van der Waals surface area contributed by atoms with Crippen LogP contribution < -0.4 is 5.32 Å². The molecule has 1 unspecified atom stereocenters. The third-order valence-corrected chi connectivity index (χ3v) is 4.52. The summed E-state index contributed by atoms with van der Waals surface area (Å²) in [4.78, 5) is 26.4. The maximum Gasteiger partial charge on any atom is 0.253 e. The van der Waals surface area contributed by atoms with Gasteiger partial charge in [-0.2, -0.15) is 0 Å². The van der Waals surface area contributed by atoms with E-state index in [9.17, 15) is 9.59 Å². The molecule has 0 radical (unpaired) electrons. The van der Waals surface area contributed by atoms with Crippen LogP contribution in [0.2, 0.25) is 5.02 Å². The summed E-state index contributed by atoms with van der Waals surface area (Å²) in [7, 11) is 0. The van der Waals surface area contributed by atoms with Gasteiger partial charge in [-0.05, 0) is 38.0 Å². The molecule has 0 spiro atoms. The van der Waals surface area contributed by atoms with Gasteiger partial charge in [0.2, 0.25) is 0 Å². The molecule has 2 aromatic carbocycles. The summed E-state index contributed by atoms with van der Waals surface area (Å²) in [5.74, 6) is -0.794. The van der Waals surface area contributed by atoms with Gasteiger partial charge in [-0.3, -0.25) is 9.59 Å². The maximum atomic E-state index is 13.4. The zero-order valence-electron chi connectivity index (χ0n) is 16.9. The van der Waals surface area contributed by atoms with Gasteiger partial charge in [0.15, 0.2) is 0 Å². The lowest BCUT2D eigenvalue weighted by atomic mass is 9.75. The zero-order chi connectivity index (χ0) is 20.4. The maximum absolute atomic E-state index is 13.4. The lowest BCUT2D eigenvalue weighted by Crippen LogP contribution is -2.41. The fraction of sp³-hybridized carbons (Fsp3) is 0.391. The molecule has 0 heterocycles. The molecule has 144 valence electrons. The van der Waals surface area contributed by atoms with E-state index in [1.54, 1.807) is 12.1 Å². The average Bonchev–Trinajstić information content (AvgIpc) is 2.53. The van der Waals surface area contributed by atoms with E-state index in [2.05, 4.69) is 5.32 Å². The van der Waals surface area contributed by atoms with Crippen LogP contribution >= 0.6 is 11.6 Å². The monoisotopic (exact) mass is 385 g/mol. The lowest BCUT2D eigenvalue weighted by molar-refractivity contribution is -0.126. The number of hydrogen-bond acceptors (Lipinski definition) is 2. The lowest BCUT2D eigenvalue weighted by Gasteiger charge is -2.28. The fourth-order valence-corrected chi connectivity index (χ4v) is 3.24. The quantitative estimate of drug-likeness (QED) is 0.742. The standard InChI is InChI=1S/C23H28ClNO2/c1-22(2,3)20(26)18(15-11-8-7-9-12-15)16-13-10-14-17(24)19(16)21(27)25-23(4,5)6/h7-14,18H,1-6H3,(H,25,27). The van der Waals surface area contributed by atoms with E-state index in [-0.39, 0.29) is 11.7 Å². The number of benzene rings is 2. The van der Waals surface area contributed by atoms with Gasteiger partial charge < -0.3 is 5.32 Å². The van der Waals surface area contributed by atoms with Crippen LogP contribution in [0, 0.1) is 5.41 Å². The van der Waals surface area contributed by atoms with Crippen molar-refractivity contribution in [2.45, 2.75) is 53.0 Å². The minimum absolute atomic E-state index is 0.0424. The van der Waals surface area contributed by atoms with Crippen molar-refractivity contribution >= 4 is 23.3 Å². The van der Waals surface area contributed by atoms with Crippen molar-refractivity contribution in [1.82, 2.24) is 5.32 Å². The fourth-order valence-electron chi connectivity index (χ4n) is 2.97. The van der Waals surface area contributed by atoms with Crippen LogP contribution in [0.5, 0.6) is 0 Å². The third kappa shape index (κ3) is 5.20. The molecule has 0 saturated heterocycles. The summed E-state index contributed by atoms with van der Waals surface area (Å²) in [6, 6.07) is 14.8. The topological polar surface area (TPSA) is 46.2 Å². The molecule has 1 amide bonds. The van der Waals surface area contributed by atoms with Gasteiger partial charge in [-0.25, -0.2) is 0 Å². The van der Waals surface area contributed by atoms with Crippen LogP contribution in [0.15, 0.2) is 48.5 Å². The highest BCUT2D eigenvalue weighted by Gasteiger charge is 2.35. The van der Waals surface area contributed by atoms with Crippen molar-refractivity contribution in [3.05, 3.63) is 70.2 Å². The number of halogens is 1. The van der Waals surface area contributed by atoms with Crippen LogP contribution in [-0.4, -0.2) is 17.2 Å². The molecule has 1 atom stereocenters. The van der Waals surface area contributed by atoms with E-state index in [0.717, 1.165) is 5.56 Å². The number of amides is 1. The number of hydrogen-bond donors (Lipinski definition) is 1. The van der Waals surface area contributed by atoms with Crippen LogP contribution in [0.3, 0.4) is 0 Å². The summed E-state index contributed by atoms with van der Waals surface area (Å²) in [6.07, 6.45) is 0. The molecule has 2 rings (SSSR count). The Kier molecular flexibility index (Phi) is 6.16. The van der Waals surface area contributed by atoms with Gasteiger partial charge in [-0.1, -0.05) is 74.8 Å². The minimum Gasteiger partial charge on any atom is -0.347 e. The Morgan fingerprint density at radius 2 is 1.48 bits per heavy atom. The van der Waals surface area contributed by atoms with Gasteiger partial charge in [-0.15, -0.1) is 0 Å². The number of nitrogens with one attached hydrogen (secondary N) is 1. The number of ketones is 1. The molecule has 0 aliphatic rings. The van der Waals surface area contributed by atoms with Crippen molar-refractivity contribution in [3.63, 3.8) is 0 Å². The number of carbonyl (C=O) groups excluding carboxylic acids is 2. The number of Topliss-reactive ketones (excluding diaryl/α,β-unsaturated/α-hetero) is 1. The summed E-state index contributed by atoms with van der Waals surface area (Å²) in [5.41, 5.74) is 0.866. The zero-order valence-corrected chi connectivity index (χ0v) is 17.6. The van der Waals surface area contributed by atoms with Gasteiger partial charge in [0.1, 0.15) is 5.78 Å². The first-order valence-corrected chi connectivity index (χ1v) is 9.50. The minimum atomic E-state index is -0.569. The molecule has 0 fully saturated rings. The van der Waals surface area contributed by atoms with E-state index in [1.165, 1.54) is 0 Å². The van der Waals surface area contributed by atoms with Crippen LogP contribution in [0.25, 0.3) is 0 Å². The molecule has 0 aromatic heterocycles. The molecule has 0 aliphatic heterocycles. The summed E-state index contributed by atoms with van der Waals surface area (Å²) < 4.78 is 0.